The summed E-state index contributed by atoms with van der Waals surface area (Å²) in [5, 5.41) is 0. The topological polar surface area (TPSA) is 44.8 Å². The van der Waals surface area contributed by atoms with E-state index in [1.54, 1.807) is 12.1 Å². The molecule has 1 aliphatic heterocycles. The molecule has 0 amide bonds. The maximum atomic E-state index is 14.2. The van der Waals surface area contributed by atoms with Gasteiger partial charge in [-0.1, -0.05) is 28.1 Å². The van der Waals surface area contributed by atoms with Crippen molar-refractivity contribution in [3.8, 4) is 0 Å². The van der Waals surface area contributed by atoms with E-state index in [0.29, 0.717) is 30.8 Å². The van der Waals surface area contributed by atoms with Gasteiger partial charge in [0.1, 0.15) is 25.3 Å². The summed E-state index contributed by atoms with van der Waals surface area (Å²) in [4.78, 5) is 12.6. The van der Waals surface area contributed by atoms with Crippen molar-refractivity contribution in [2.24, 2.45) is 0 Å². The van der Waals surface area contributed by atoms with Crippen molar-refractivity contribution < 1.29 is 23.4 Å². The molecule has 26 heavy (non-hydrogen) atoms. The van der Waals surface area contributed by atoms with Gasteiger partial charge in [0.25, 0.3) is 0 Å². The average molecular weight is 535 g/mol. The molecule has 0 bridgehead atoms. The highest BCUT2D eigenvalue weighted by Gasteiger charge is 2.18. The lowest BCUT2D eigenvalue weighted by Crippen LogP contribution is -2.21. The summed E-state index contributed by atoms with van der Waals surface area (Å²) in [5.41, 5.74) is 1.85. The molecule has 138 valence electrons. The highest BCUT2D eigenvalue weighted by molar-refractivity contribution is 14.1. The molecule has 1 saturated heterocycles. The molecular formula is C19H17BrFIO4. The van der Waals surface area contributed by atoms with Crippen LogP contribution in [0.25, 0.3) is 0 Å². The van der Waals surface area contributed by atoms with Crippen molar-refractivity contribution in [3.05, 3.63) is 66.9 Å². The minimum absolute atomic E-state index is 0.0571. The monoisotopic (exact) mass is 534 g/mol. The Morgan fingerprint density at radius 1 is 1.27 bits per heavy atom. The van der Waals surface area contributed by atoms with Gasteiger partial charge in [0.05, 0.1) is 13.2 Å². The molecule has 1 heterocycles. The molecule has 0 N–H and O–H groups in total. The fraction of sp³-hybridized carbons (Fsp3) is 0.316. The van der Waals surface area contributed by atoms with Crippen molar-refractivity contribution in [2.75, 3.05) is 26.6 Å². The van der Waals surface area contributed by atoms with Gasteiger partial charge in [-0.3, -0.25) is 4.79 Å². The number of ketones is 1. The zero-order valence-electron chi connectivity index (χ0n) is 13.8. The van der Waals surface area contributed by atoms with Crippen LogP contribution in [0.1, 0.15) is 21.5 Å². The molecule has 0 unspecified atom stereocenters. The molecule has 0 aromatic heterocycles. The Bertz CT molecular complexity index is 793. The fourth-order valence-electron chi connectivity index (χ4n) is 2.66. The lowest BCUT2D eigenvalue weighted by atomic mass is 9.97. The van der Waals surface area contributed by atoms with Crippen molar-refractivity contribution in [2.45, 2.75) is 12.5 Å². The second-order valence-corrected chi connectivity index (χ2v) is 8.09. The van der Waals surface area contributed by atoms with Crippen LogP contribution in [0, 0.1) is 9.39 Å². The van der Waals surface area contributed by atoms with Crippen LogP contribution < -0.4 is 0 Å². The zero-order valence-corrected chi connectivity index (χ0v) is 17.6. The largest absolute Gasteiger partial charge is 0.371 e. The molecular weight excluding hydrogens is 518 g/mol. The second-order valence-electron chi connectivity index (χ2n) is 5.93. The van der Waals surface area contributed by atoms with Gasteiger partial charge in [-0.2, -0.15) is 0 Å². The van der Waals surface area contributed by atoms with E-state index >= 15 is 0 Å². The van der Waals surface area contributed by atoms with Gasteiger partial charge in [-0.25, -0.2) is 4.39 Å². The van der Waals surface area contributed by atoms with Gasteiger partial charge in [-0.15, -0.1) is 0 Å². The molecule has 0 saturated carbocycles. The van der Waals surface area contributed by atoms with Crippen molar-refractivity contribution >= 4 is 44.3 Å². The quantitative estimate of drug-likeness (QED) is 0.391. The molecule has 1 atom stereocenters. The second kappa shape index (κ2) is 9.36. The molecule has 0 spiro atoms. The van der Waals surface area contributed by atoms with Gasteiger partial charge >= 0.3 is 0 Å². The van der Waals surface area contributed by atoms with Crippen LogP contribution in [0.2, 0.25) is 0 Å². The minimum Gasteiger partial charge on any atom is -0.371 e. The van der Waals surface area contributed by atoms with Gasteiger partial charge in [0, 0.05) is 20.0 Å². The number of hydrogen-bond donors (Lipinski definition) is 0. The van der Waals surface area contributed by atoms with Crippen LogP contribution in [0.5, 0.6) is 0 Å². The summed E-state index contributed by atoms with van der Waals surface area (Å²) in [6.07, 6.45) is 0.210. The molecule has 2 aromatic carbocycles. The first-order valence-electron chi connectivity index (χ1n) is 8.05. The first kappa shape index (κ1) is 19.9. The third-order valence-electron chi connectivity index (χ3n) is 4.00. The van der Waals surface area contributed by atoms with Crippen LogP contribution in [-0.2, 0) is 20.6 Å². The fourth-order valence-corrected chi connectivity index (χ4v) is 3.48. The summed E-state index contributed by atoms with van der Waals surface area (Å²) >= 11 is 5.46. The third-order valence-corrected chi connectivity index (χ3v) is 5.16. The maximum Gasteiger partial charge on any atom is 0.188 e. The van der Waals surface area contributed by atoms with Crippen LogP contribution >= 0.6 is 38.5 Å². The lowest BCUT2D eigenvalue weighted by molar-refractivity contribution is 0.00733. The van der Waals surface area contributed by atoms with Crippen LogP contribution in [0.15, 0.2) is 40.9 Å². The first-order valence-corrected chi connectivity index (χ1v) is 9.93. The number of rotatable bonds is 7. The minimum atomic E-state index is -0.271. The van der Waals surface area contributed by atoms with E-state index in [1.807, 2.05) is 18.2 Å². The van der Waals surface area contributed by atoms with Crippen LogP contribution in [-0.4, -0.2) is 38.5 Å². The molecule has 0 aliphatic carbocycles. The van der Waals surface area contributed by atoms with E-state index in [9.17, 15) is 9.18 Å². The van der Waals surface area contributed by atoms with Crippen molar-refractivity contribution in [1.29, 1.82) is 0 Å². The molecule has 1 aliphatic rings. The number of carbonyl (C=O) groups is 1. The van der Waals surface area contributed by atoms with Gasteiger partial charge in [0.2, 0.25) is 0 Å². The van der Waals surface area contributed by atoms with Crippen molar-refractivity contribution in [1.82, 2.24) is 0 Å². The van der Waals surface area contributed by atoms with E-state index in [1.165, 1.54) is 6.07 Å². The highest BCUT2D eigenvalue weighted by Crippen LogP contribution is 2.22. The number of halogens is 3. The Balaban J connectivity index is 1.71. The molecule has 3 rings (SSSR count). The van der Waals surface area contributed by atoms with E-state index < -0.39 is 0 Å². The number of benzene rings is 2. The molecule has 1 fully saturated rings. The standard InChI is InChI=1S/C19H17BrFIO4/c20-14-3-1-12(5-13-2-4-15(22)7-18(13)21)17(6-14)19(23)10-24-8-16-9-25-11-26-16/h1-4,6-7,16H,5,8-11H2/t16-/m0/s1. The number of ether oxygens (including phenoxy) is 3. The lowest BCUT2D eigenvalue weighted by Gasteiger charge is -2.12. The predicted molar refractivity (Wildman–Crippen MR) is 107 cm³/mol. The number of hydrogen-bond acceptors (Lipinski definition) is 4. The summed E-state index contributed by atoms with van der Waals surface area (Å²) in [7, 11) is 0. The maximum absolute atomic E-state index is 14.2. The summed E-state index contributed by atoms with van der Waals surface area (Å²) in [6, 6.07) is 10.5. The normalized spacial score (nSPS) is 16.8. The number of carbonyl (C=O) groups excluding carboxylic acids is 1. The zero-order chi connectivity index (χ0) is 18.5. The Kier molecular flexibility index (Phi) is 7.16. The summed E-state index contributed by atoms with van der Waals surface area (Å²) in [6.45, 7) is 0.987. The summed E-state index contributed by atoms with van der Waals surface area (Å²) < 4.78 is 31.6. The molecule has 0 radical (unpaired) electrons. The van der Waals surface area contributed by atoms with Gasteiger partial charge in [0.15, 0.2) is 5.78 Å². The van der Waals surface area contributed by atoms with Gasteiger partial charge in [-0.05, 0) is 58.0 Å². The average Bonchev–Trinajstić information content (AvgIpc) is 3.12. The van der Waals surface area contributed by atoms with Crippen LogP contribution in [0.3, 0.4) is 0 Å². The molecule has 4 nitrogen and oxygen atoms in total. The predicted octanol–water partition coefficient (Wildman–Crippen LogP) is 4.36. The molecule has 2 aromatic rings. The van der Waals surface area contributed by atoms with Gasteiger partial charge < -0.3 is 14.2 Å². The van der Waals surface area contributed by atoms with Crippen LogP contribution in [0.4, 0.5) is 4.39 Å². The Labute approximate surface area is 173 Å². The molecule has 7 heteroatoms. The summed E-state index contributed by atoms with van der Waals surface area (Å²) in [5.74, 6) is -0.418. The Hall–Kier alpha value is -0.870. The van der Waals surface area contributed by atoms with Crippen molar-refractivity contribution in [3.63, 3.8) is 0 Å². The highest BCUT2D eigenvalue weighted by atomic mass is 127. The van der Waals surface area contributed by atoms with E-state index in [0.717, 1.165) is 13.6 Å². The van der Waals surface area contributed by atoms with E-state index in [4.69, 9.17) is 14.2 Å². The third kappa shape index (κ3) is 5.32. The van der Waals surface area contributed by atoms with E-state index in [2.05, 4.69) is 38.5 Å². The SMILES string of the molecule is O=C(COC[C@H]1COCO1)c1cc(Br)ccc1Cc1ccc(I)cc1F. The first-order chi connectivity index (χ1) is 12.5. The van der Waals surface area contributed by atoms with E-state index in [-0.39, 0.29) is 31.1 Å². The smallest absolute Gasteiger partial charge is 0.188 e. The Morgan fingerprint density at radius 3 is 2.81 bits per heavy atom. The Morgan fingerprint density at radius 2 is 2.08 bits per heavy atom. The number of Topliss-reactive ketones (excluding diaryl/α,β-unsaturated/α-hetero) is 1.